The average Bonchev–Trinajstić information content (AvgIpc) is 2.96. The molecule has 0 spiro atoms. The SMILES string of the molecule is CCCNS(=O)(=O)c1c(C)nn(-c2ccc(-c3ccccc3)nn2)c1C. The maximum Gasteiger partial charge on any atom is 0.244 e. The van der Waals surface area contributed by atoms with Crippen LogP contribution in [0.4, 0.5) is 0 Å². The third-order valence-electron chi connectivity index (χ3n) is 3.97. The van der Waals surface area contributed by atoms with Gasteiger partial charge in [0.25, 0.3) is 0 Å². The monoisotopic (exact) mass is 371 g/mol. The Labute approximate surface area is 153 Å². The molecule has 136 valence electrons. The summed E-state index contributed by atoms with van der Waals surface area (Å²) in [6, 6.07) is 13.4. The van der Waals surface area contributed by atoms with E-state index in [1.165, 1.54) is 4.68 Å². The van der Waals surface area contributed by atoms with Crippen LogP contribution in [0.2, 0.25) is 0 Å². The maximum absolute atomic E-state index is 12.5. The Kier molecular flexibility index (Phi) is 5.15. The minimum Gasteiger partial charge on any atom is -0.216 e. The fourth-order valence-electron chi connectivity index (χ4n) is 2.75. The summed E-state index contributed by atoms with van der Waals surface area (Å²) >= 11 is 0. The van der Waals surface area contributed by atoms with Crippen LogP contribution in [0, 0.1) is 13.8 Å². The molecule has 1 N–H and O–H groups in total. The number of hydrogen-bond donors (Lipinski definition) is 1. The van der Waals surface area contributed by atoms with E-state index in [9.17, 15) is 8.42 Å². The summed E-state index contributed by atoms with van der Waals surface area (Å²) in [5.74, 6) is 0.474. The van der Waals surface area contributed by atoms with Gasteiger partial charge < -0.3 is 0 Å². The normalized spacial score (nSPS) is 11.7. The predicted molar refractivity (Wildman–Crippen MR) is 99.5 cm³/mol. The van der Waals surface area contributed by atoms with Crippen LogP contribution in [0.3, 0.4) is 0 Å². The Morgan fingerprint density at radius 3 is 2.38 bits per heavy atom. The molecule has 3 rings (SSSR count). The standard InChI is InChI=1S/C18H21N5O2S/c1-4-12-19-26(24,25)18-13(2)22-23(14(18)3)17-11-10-16(20-21-17)15-8-6-5-7-9-15/h5-11,19H,4,12H2,1-3H3. The highest BCUT2D eigenvalue weighted by atomic mass is 32.2. The maximum atomic E-state index is 12.5. The van der Waals surface area contributed by atoms with Crippen molar-refractivity contribution in [2.24, 2.45) is 0 Å². The molecule has 0 amide bonds. The molecule has 26 heavy (non-hydrogen) atoms. The smallest absolute Gasteiger partial charge is 0.216 e. The topological polar surface area (TPSA) is 89.8 Å². The molecule has 8 heteroatoms. The first kappa shape index (κ1) is 18.2. The molecule has 0 aliphatic carbocycles. The second-order valence-electron chi connectivity index (χ2n) is 5.95. The Balaban J connectivity index is 1.97. The molecule has 0 aliphatic heterocycles. The van der Waals surface area contributed by atoms with Crippen LogP contribution < -0.4 is 4.72 Å². The molecule has 0 saturated heterocycles. The molecule has 1 aromatic carbocycles. The van der Waals surface area contributed by atoms with Crippen LogP contribution >= 0.6 is 0 Å². The zero-order valence-corrected chi connectivity index (χ0v) is 15.8. The zero-order valence-electron chi connectivity index (χ0n) is 15.0. The van der Waals surface area contributed by atoms with Gasteiger partial charge in [0, 0.05) is 12.1 Å². The molecule has 2 heterocycles. The number of nitrogens with zero attached hydrogens (tertiary/aromatic N) is 4. The molecule has 0 bridgehead atoms. The van der Waals surface area contributed by atoms with E-state index in [-0.39, 0.29) is 4.90 Å². The van der Waals surface area contributed by atoms with Crippen molar-refractivity contribution in [1.82, 2.24) is 24.7 Å². The molecule has 7 nitrogen and oxygen atoms in total. The largest absolute Gasteiger partial charge is 0.244 e. The molecule has 0 saturated carbocycles. The second-order valence-corrected chi connectivity index (χ2v) is 7.66. The molecule has 0 unspecified atom stereocenters. The number of hydrogen-bond acceptors (Lipinski definition) is 5. The van der Waals surface area contributed by atoms with Crippen LogP contribution in [0.5, 0.6) is 0 Å². The highest BCUT2D eigenvalue weighted by molar-refractivity contribution is 7.89. The van der Waals surface area contributed by atoms with Gasteiger partial charge in [0.05, 0.1) is 17.1 Å². The lowest BCUT2D eigenvalue weighted by Crippen LogP contribution is -2.25. The fourth-order valence-corrected chi connectivity index (χ4v) is 4.27. The Morgan fingerprint density at radius 2 is 1.77 bits per heavy atom. The van der Waals surface area contributed by atoms with Crippen molar-refractivity contribution in [3.05, 3.63) is 53.9 Å². The summed E-state index contributed by atoms with van der Waals surface area (Å²) in [6.45, 7) is 5.69. The number of rotatable bonds is 6. The van der Waals surface area contributed by atoms with Crippen molar-refractivity contribution in [2.45, 2.75) is 32.1 Å². The number of aromatic nitrogens is 4. The van der Waals surface area contributed by atoms with Gasteiger partial charge in [-0.1, -0.05) is 37.3 Å². The summed E-state index contributed by atoms with van der Waals surface area (Å²) in [6.07, 6.45) is 0.720. The van der Waals surface area contributed by atoms with E-state index < -0.39 is 10.0 Å². The number of sulfonamides is 1. The lowest BCUT2D eigenvalue weighted by atomic mass is 10.1. The first-order valence-corrected chi connectivity index (χ1v) is 9.87. The molecule has 0 atom stereocenters. The summed E-state index contributed by atoms with van der Waals surface area (Å²) in [5.41, 5.74) is 2.65. The van der Waals surface area contributed by atoms with Gasteiger partial charge in [0.15, 0.2) is 5.82 Å². The lowest BCUT2D eigenvalue weighted by Gasteiger charge is -2.07. The van der Waals surface area contributed by atoms with E-state index in [2.05, 4.69) is 20.0 Å². The van der Waals surface area contributed by atoms with Crippen molar-refractivity contribution < 1.29 is 8.42 Å². The molecule has 2 aromatic heterocycles. The quantitative estimate of drug-likeness (QED) is 0.719. The highest BCUT2D eigenvalue weighted by Crippen LogP contribution is 2.22. The number of benzene rings is 1. The number of nitrogens with one attached hydrogen (secondary N) is 1. The minimum atomic E-state index is -3.60. The van der Waals surface area contributed by atoms with Gasteiger partial charge in [-0.25, -0.2) is 17.8 Å². The van der Waals surface area contributed by atoms with E-state index in [1.807, 2.05) is 43.3 Å². The Bertz CT molecular complexity index is 996. The van der Waals surface area contributed by atoms with Crippen LogP contribution in [-0.4, -0.2) is 34.9 Å². The van der Waals surface area contributed by atoms with Gasteiger partial charge in [-0.05, 0) is 32.4 Å². The lowest BCUT2D eigenvalue weighted by molar-refractivity contribution is 0.579. The van der Waals surface area contributed by atoms with Crippen molar-refractivity contribution in [1.29, 1.82) is 0 Å². The predicted octanol–water partition coefficient (Wildman–Crippen LogP) is 2.63. The molecular formula is C18H21N5O2S. The zero-order chi connectivity index (χ0) is 18.7. The van der Waals surface area contributed by atoms with Crippen LogP contribution in [-0.2, 0) is 10.0 Å². The second kappa shape index (κ2) is 7.35. The van der Waals surface area contributed by atoms with Gasteiger partial charge in [-0.2, -0.15) is 5.10 Å². The minimum absolute atomic E-state index is 0.194. The Hall–Kier alpha value is -2.58. The van der Waals surface area contributed by atoms with E-state index >= 15 is 0 Å². The van der Waals surface area contributed by atoms with E-state index in [0.717, 1.165) is 17.7 Å². The third-order valence-corrected chi connectivity index (χ3v) is 5.69. The van der Waals surface area contributed by atoms with Gasteiger partial charge in [-0.15, -0.1) is 10.2 Å². The molecular weight excluding hydrogens is 350 g/mol. The average molecular weight is 371 g/mol. The summed E-state index contributed by atoms with van der Waals surface area (Å²) in [4.78, 5) is 0.194. The van der Waals surface area contributed by atoms with Crippen LogP contribution in [0.15, 0.2) is 47.4 Å². The highest BCUT2D eigenvalue weighted by Gasteiger charge is 2.25. The molecule has 3 aromatic rings. The fraction of sp³-hybridized carbons (Fsp3) is 0.278. The van der Waals surface area contributed by atoms with Gasteiger partial charge in [-0.3, -0.25) is 0 Å². The van der Waals surface area contributed by atoms with Gasteiger partial charge in [0.1, 0.15) is 4.90 Å². The number of aryl methyl sites for hydroxylation is 1. The first-order valence-electron chi connectivity index (χ1n) is 8.39. The molecule has 0 aliphatic rings. The van der Waals surface area contributed by atoms with E-state index in [0.29, 0.717) is 23.8 Å². The van der Waals surface area contributed by atoms with Crippen LogP contribution in [0.25, 0.3) is 17.1 Å². The van der Waals surface area contributed by atoms with Gasteiger partial charge >= 0.3 is 0 Å². The molecule has 0 radical (unpaired) electrons. The Morgan fingerprint density at radius 1 is 1.04 bits per heavy atom. The van der Waals surface area contributed by atoms with E-state index in [4.69, 9.17) is 0 Å². The van der Waals surface area contributed by atoms with Crippen molar-refractivity contribution in [2.75, 3.05) is 6.54 Å². The molecule has 0 fully saturated rings. The van der Waals surface area contributed by atoms with Crippen molar-refractivity contribution >= 4 is 10.0 Å². The van der Waals surface area contributed by atoms with Gasteiger partial charge in [0.2, 0.25) is 10.0 Å². The summed E-state index contributed by atoms with van der Waals surface area (Å²) < 4.78 is 29.1. The summed E-state index contributed by atoms with van der Waals surface area (Å²) in [7, 11) is -3.60. The third kappa shape index (κ3) is 3.51. The van der Waals surface area contributed by atoms with Crippen LogP contribution in [0.1, 0.15) is 24.7 Å². The summed E-state index contributed by atoms with van der Waals surface area (Å²) in [5, 5.41) is 12.8. The first-order chi connectivity index (χ1) is 12.4. The van der Waals surface area contributed by atoms with Crippen molar-refractivity contribution in [3.8, 4) is 17.1 Å². The van der Waals surface area contributed by atoms with E-state index in [1.54, 1.807) is 19.9 Å². The van der Waals surface area contributed by atoms with Crippen molar-refractivity contribution in [3.63, 3.8) is 0 Å².